The van der Waals surface area contributed by atoms with Crippen LogP contribution >= 0.6 is 0 Å². The third-order valence-electron chi connectivity index (χ3n) is 2.68. The molecule has 0 spiro atoms. The molecule has 1 unspecified atom stereocenters. The fourth-order valence-electron chi connectivity index (χ4n) is 1.68. The quantitative estimate of drug-likeness (QED) is 0.900. The fourth-order valence-corrected chi connectivity index (χ4v) is 1.68. The molecule has 0 aromatic heterocycles. The van der Waals surface area contributed by atoms with E-state index in [0.717, 1.165) is 0 Å². The van der Waals surface area contributed by atoms with Gasteiger partial charge in [0.25, 0.3) is 0 Å². The summed E-state index contributed by atoms with van der Waals surface area (Å²) in [6.07, 6.45) is -0.793. The van der Waals surface area contributed by atoms with Gasteiger partial charge in [0.05, 0.1) is 7.11 Å². The number of rotatable bonds is 5. The highest BCUT2D eigenvalue weighted by Crippen LogP contribution is 2.20. The van der Waals surface area contributed by atoms with Gasteiger partial charge in [-0.15, -0.1) is 0 Å². The molecule has 0 fully saturated rings. The number of ether oxygens (including phenoxy) is 2. The second-order valence-corrected chi connectivity index (χ2v) is 4.06. The molecule has 2 rings (SSSR count). The number of halogens is 1. The van der Waals surface area contributed by atoms with E-state index in [-0.39, 0.29) is 12.4 Å². The van der Waals surface area contributed by atoms with Crippen molar-refractivity contribution < 1.29 is 19.0 Å². The molecule has 0 aliphatic heterocycles. The van der Waals surface area contributed by atoms with Gasteiger partial charge in [-0.25, -0.2) is 4.39 Å². The first-order valence-corrected chi connectivity index (χ1v) is 5.89. The minimum atomic E-state index is -0.793. The Kier molecular flexibility index (Phi) is 4.36. The van der Waals surface area contributed by atoms with Gasteiger partial charge in [0.2, 0.25) is 0 Å². The molecule has 2 aromatic carbocycles. The SMILES string of the molecule is COc1cccc(C(O)COc2cccc(F)c2)c1. The average Bonchev–Trinajstić information content (AvgIpc) is 2.45. The van der Waals surface area contributed by atoms with Crippen molar-refractivity contribution in [3.63, 3.8) is 0 Å². The minimum Gasteiger partial charge on any atom is -0.497 e. The molecule has 19 heavy (non-hydrogen) atoms. The van der Waals surface area contributed by atoms with E-state index >= 15 is 0 Å². The van der Waals surface area contributed by atoms with Crippen molar-refractivity contribution in [2.24, 2.45) is 0 Å². The molecule has 0 bridgehead atoms. The molecule has 2 aromatic rings. The summed E-state index contributed by atoms with van der Waals surface area (Å²) in [6, 6.07) is 12.9. The van der Waals surface area contributed by atoms with Crippen LogP contribution < -0.4 is 9.47 Å². The fraction of sp³-hybridized carbons (Fsp3) is 0.200. The third kappa shape index (κ3) is 3.69. The summed E-state index contributed by atoms with van der Waals surface area (Å²) in [4.78, 5) is 0. The normalized spacial score (nSPS) is 11.9. The Morgan fingerprint density at radius 3 is 2.58 bits per heavy atom. The molecule has 100 valence electrons. The van der Waals surface area contributed by atoms with Crippen molar-refractivity contribution in [3.8, 4) is 11.5 Å². The van der Waals surface area contributed by atoms with E-state index < -0.39 is 6.10 Å². The maximum absolute atomic E-state index is 13.0. The first-order chi connectivity index (χ1) is 9.19. The van der Waals surface area contributed by atoms with Crippen LogP contribution in [0.1, 0.15) is 11.7 Å². The summed E-state index contributed by atoms with van der Waals surface area (Å²) in [5.41, 5.74) is 0.691. The summed E-state index contributed by atoms with van der Waals surface area (Å²) in [5, 5.41) is 10.00. The van der Waals surface area contributed by atoms with Gasteiger partial charge in [0, 0.05) is 6.07 Å². The highest BCUT2D eigenvalue weighted by Gasteiger charge is 2.09. The molecule has 3 nitrogen and oxygen atoms in total. The Morgan fingerprint density at radius 2 is 1.84 bits per heavy atom. The van der Waals surface area contributed by atoms with E-state index in [4.69, 9.17) is 9.47 Å². The van der Waals surface area contributed by atoms with Crippen LogP contribution in [0.2, 0.25) is 0 Å². The van der Waals surface area contributed by atoms with Crippen LogP contribution in [0.25, 0.3) is 0 Å². The van der Waals surface area contributed by atoms with Crippen molar-refractivity contribution in [2.75, 3.05) is 13.7 Å². The van der Waals surface area contributed by atoms with E-state index in [1.807, 2.05) is 0 Å². The van der Waals surface area contributed by atoms with E-state index in [9.17, 15) is 9.50 Å². The van der Waals surface area contributed by atoms with Gasteiger partial charge in [-0.1, -0.05) is 18.2 Å². The molecule has 1 atom stereocenters. The average molecular weight is 262 g/mol. The number of hydrogen-bond acceptors (Lipinski definition) is 3. The van der Waals surface area contributed by atoms with E-state index in [1.54, 1.807) is 43.5 Å². The molecular formula is C15H15FO3. The largest absolute Gasteiger partial charge is 0.497 e. The second kappa shape index (κ2) is 6.20. The van der Waals surface area contributed by atoms with Gasteiger partial charge in [-0.05, 0) is 29.8 Å². The predicted octanol–water partition coefficient (Wildman–Crippen LogP) is 2.95. The Bertz CT molecular complexity index is 542. The first kappa shape index (κ1) is 13.4. The van der Waals surface area contributed by atoms with E-state index in [1.165, 1.54) is 12.1 Å². The molecule has 0 aliphatic carbocycles. The highest BCUT2D eigenvalue weighted by molar-refractivity contribution is 5.30. The standard InChI is InChI=1S/C15H15FO3/c1-18-13-6-2-4-11(8-13)15(17)10-19-14-7-3-5-12(16)9-14/h2-9,15,17H,10H2,1H3. The second-order valence-electron chi connectivity index (χ2n) is 4.06. The lowest BCUT2D eigenvalue weighted by Gasteiger charge is -2.13. The molecular weight excluding hydrogens is 247 g/mol. The van der Waals surface area contributed by atoms with Crippen LogP contribution in [0.4, 0.5) is 4.39 Å². The maximum atomic E-state index is 13.0. The third-order valence-corrected chi connectivity index (χ3v) is 2.68. The molecule has 4 heteroatoms. The predicted molar refractivity (Wildman–Crippen MR) is 69.8 cm³/mol. The van der Waals surface area contributed by atoms with Gasteiger partial charge in [-0.3, -0.25) is 0 Å². The topological polar surface area (TPSA) is 38.7 Å². The zero-order valence-electron chi connectivity index (χ0n) is 10.5. The summed E-state index contributed by atoms with van der Waals surface area (Å²) in [7, 11) is 1.56. The van der Waals surface area contributed by atoms with Crippen molar-refractivity contribution in [1.29, 1.82) is 0 Å². The zero-order chi connectivity index (χ0) is 13.7. The summed E-state index contributed by atoms with van der Waals surface area (Å²) in [5.74, 6) is 0.692. The lowest BCUT2D eigenvalue weighted by atomic mass is 10.1. The minimum absolute atomic E-state index is 0.0522. The summed E-state index contributed by atoms with van der Waals surface area (Å²) in [6.45, 7) is 0.0522. The van der Waals surface area contributed by atoms with Crippen LogP contribution in [0.15, 0.2) is 48.5 Å². The van der Waals surface area contributed by atoms with Crippen molar-refractivity contribution in [3.05, 3.63) is 59.9 Å². The highest BCUT2D eigenvalue weighted by atomic mass is 19.1. The van der Waals surface area contributed by atoms with Gasteiger partial charge in [0.15, 0.2) is 0 Å². The van der Waals surface area contributed by atoms with Crippen LogP contribution in [0, 0.1) is 5.82 Å². The molecule has 1 N–H and O–H groups in total. The van der Waals surface area contributed by atoms with Crippen molar-refractivity contribution in [2.45, 2.75) is 6.10 Å². The van der Waals surface area contributed by atoms with Gasteiger partial charge in [0.1, 0.15) is 30.0 Å². The maximum Gasteiger partial charge on any atom is 0.126 e. The smallest absolute Gasteiger partial charge is 0.126 e. The Hall–Kier alpha value is -2.07. The molecule has 0 saturated heterocycles. The van der Waals surface area contributed by atoms with Crippen LogP contribution in [0.5, 0.6) is 11.5 Å². The van der Waals surface area contributed by atoms with E-state index in [2.05, 4.69) is 0 Å². The summed E-state index contributed by atoms with van der Waals surface area (Å²) >= 11 is 0. The number of benzene rings is 2. The molecule has 0 aliphatic rings. The Morgan fingerprint density at radius 1 is 1.11 bits per heavy atom. The number of aliphatic hydroxyl groups excluding tert-OH is 1. The number of methoxy groups -OCH3 is 1. The summed E-state index contributed by atoms with van der Waals surface area (Å²) < 4.78 is 23.4. The molecule has 0 heterocycles. The lowest BCUT2D eigenvalue weighted by Crippen LogP contribution is -2.09. The monoisotopic (exact) mass is 262 g/mol. The zero-order valence-corrected chi connectivity index (χ0v) is 10.5. The van der Waals surface area contributed by atoms with Crippen molar-refractivity contribution >= 4 is 0 Å². The lowest BCUT2D eigenvalue weighted by molar-refractivity contribution is 0.108. The number of hydrogen-bond donors (Lipinski definition) is 1. The van der Waals surface area contributed by atoms with Crippen LogP contribution in [-0.2, 0) is 0 Å². The molecule has 0 saturated carbocycles. The first-order valence-electron chi connectivity index (χ1n) is 5.89. The van der Waals surface area contributed by atoms with E-state index in [0.29, 0.717) is 17.1 Å². The van der Waals surface area contributed by atoms with Gasteiger partial charge < -0.3 is 14.6 Å². The van der Waals surface area contributed by atoms with Crippen LogP contribution in [-0.4, -0.2) is 18.8 Å². The van der Waals surface area contributed by atoms with Gasteiger partial charge in [-0.2, -0.15) is 0 Å². The van der Waals surface area contributed by atoms with Crippen LogP contribution in [0.3, 0.4) is 0 Å². The Labute approximate surface area is 111 Å². The van der Waals surface area contributed by atoms with Gasteiger partial charge >= 0.3 is 0 Å². The molecule has 0 amide bonds. The van der Waals surface area contributed by atoms with Crippen molar-refractivity contribution in [1.82, 2.24) is 0 Å². The molecule has 0 radical (unpaired) electrons. The Balaban J connectivity index is 1.99. The number of aliphatic hydroxyl groups is 1.